The van der Waals surface area contributed by atoms with Gasteiger partial charge in [-0.25, -0.2) is 9.59 Å². The molecule has 0 aliphatic carbocycles. The van der Waals surface area contributed by atoms with E-state index in [1.807, 2.05) is 13.0 Å². The highest BCUT2D eigenvalue weighted by atomic mass is 16.4. The number of hydrogen-bond acceptors (Lipinski definition) is 3. The maximum atomic E-state index is 12.0. The van der Waals surface area contributed by atoms with E-state index in [0.717, 1.165) is 11.3 Å². The van der Waals surface area contributed by atoms with Gasteiger partial charge in [-0.2, -0.15) is 0 Å². The van der Waals surface area contributed by atoms with Crippen LogP contribution in [0.3, 0.4) is 0 Å². The van der Waals surface area contributed by atoms with Crippen LogP contribution in [0.2, 0.25) is 0 Å². The summed E-state index contributed by atoms with van der Waals surface area (Å²) in [5.41, 5.74) is 1.66. The number of nitrogens with one attached hydrogen (secondary N) is 1. The first-order valence-corrected chi connectivity index (χ1v) is 6.36. The standard InChI is InChI=1S/C15H16N2O4/c1-10-12(7-8-21-10)9-17(2)15(20)16-13-5-3-11(4-6-13)14(18)19/h3-8H,9H2,1-2H3,(H,16,20)(H,18,19). The second-order valence-corrected chi connectivity index (χ2v) is 4.67. The molecule has 2 rings (SSSR count). The molecule has 0 spiro atoms. The van der Waals surface area contributed by atoms with Gasteiger partial charge in [-0.3, -0.25) is 0 Å². The molecular weight excluding hydrogens is 272 g/mol. The molecule has 0 aliphatic rings. The van der Waals surface area contributed by atoms with Crippen LogP contribution in [0.4, 0.5) is 10.5 Å². The molecule has 1 aromatic heterocycles. The van der Waals surface area contributed by atoms with Gasteiger partial charge in [-0.1, -0.05) is 0 Å². The Morgan fingerprint density at radius 1 is 1.24 bits per heavy atom. The highest BCUT2D eigenvalue weighted by Crippen LogP contribution is 2.13. The number of furan rings is 1. The van der Waals surface area contributed by atoms with Crippen molar-refractivity contribution in [2.24, 2.45) is 0 Å². The molecule has 110 valence electrons. The van der Waals surface area contributed by atoms with Crippen molar-refractivity contribution in [3.05, 3.63) is 53.5 Å². The number of hydrogen-bond donors (Lipinski definition) is 2. The molecule has 0 radical (unpaired) electrons. The zero-order valence-corrected chi connectivity index (χ0v) is 11.8. The SMILES string of the molecule is Cc1occc1CN(C)C(=O)Nc1ccc(C(=O)O)cc1. The molecule has 1 heterocycles. The Balaban J connectivity index is 1.97. The van der Waals surface area contributed by atoms with Crippen molar-refractivity contribution in [1.29, 1.82) is 0 Å². The van der Waals surface area contributed by atoms with Gasteiger partial charge >= 0.3 is 12.0 Å². The van der Waals surface area contributed by atoms with Crippen LogP contribution in [0.1, 0.15) is 21.7 Å². The summed E-state index contributed by atoms with van der Waals surface area (Å²) in [6.45, 7) is 2.27. The number of carboxylic acid groups (broad SMARTS) is 1. The van der Waals surface area contributed by atoms with Gasteiger partial charge in [0.2, 0.25) is 0 Å². The highest BCUT2D eigenvalue weighted by Gasteiger charge is 2.12. The molecule has 21 heavy (non-hydrogen) atoms. The van der Waals surface area contributed by atoms with Crippen LogP contribution in [-0.4, -0.2) is 29.1 Å². The number of amides is 2. The third kappa shape index (κ3) is 3.62. The van der Waals surface area contributed by atoms with Crippen molar-refractivity contribution in [1.82, 2.24) is 4.90 Å². The van der Waals surface area contributed by atoms with E-state index in [9.17, 15) is 9.59 Å². The number of nitrogens with zero attached hydrogens (tertiary/aromatic N) is 1. The van der Waals surface area contributed by atoms with E-state index in [0.29, 0.717) is 12.2 Å². The topological polar surface area (TPSA) is 82.8 Å². The number of carbonyl (C=O) groups is 2. The number of aromatic carboxylic acids is 1. The molecule has 0 unspecified atom stereocenters. The van der Waals surface area contributed by atoms with Crippen molar-refractivity contribution in [3.63, 3.8) is 0 Å². The first kappa shape index (κ1) is 14.6. The fourth-order valence-electron chi connectivity index (χ4n) is 1.82. The second-order valence-electron chi connectivity index (χ2n) is 4.67. The molecule has 2 amide bonds. The summed E-state index contributed by atoms with van der Waals surface area (Å²) in [5, 5.41) is 11.5. The van der Waals surface area contributed by atoms with E-state index in [2.05, 4.69) is 5.32 Å². The predicted octanol–water partition coefficient (Wildman–Crippen LogP) is 2.95. The van der Waals surface area contributed by atoms with Crippen LogP contribution in [-0.2, 0) is 6.54 Å². The Kier molecular flexibility index (Phi) is 4.27. The zero-order chi connectivity index (χ0) is 15.4. The first-order valence-electron chi connectivity index (χ1n) is 6.36. The van der Waals surface area contributed by atoms with Gasteiger partial charge in [0.15, 0.2) is 0 Å². The van der Waals surface area contributed by atoms with Crippen LogP contribution in [0.15, 0.2) is 41.0 Å². The first-order chi connectivity index (χ1) is 9.97. The maximum absolute atomic E-state index is 12.0. The van der Waals surface area contributed by atoms with Crippen molar-refractivity contribution in [2.75, 3.05) is 12.4 Å². The lowest BCUT2D eigenvalue weighted by molar-refractivity contribution is 0.0697. The van der Waals surface area contributed by atoms with Gasteiger partial charge in [-0.15, -0.1) is 0 Å². The Hall–Kier alpha value is -2.76. The minimum Gasteiger partial charge on any atom is -0.478 e. The van der Waals surface area contributed by atoms with Gasteiger partial charge in [0.05, 0.1) is 18.4 Å². The van der Waals surface area contributed by atoms with Gasteiger partial charge in [0, 0.05) is 18.3 Å². The van der Waals surface area contributed by atoms with Gasteiger partial charge in [0.25, 0.3) is 0 Å². The molecule has 0 saturated heterocycles. The van der Waals surface area contributed by atoms with Crippen LogP contribution in [0, 0.1) is 6.92 Å². The predicted molar refractivity (Wildman–Crippen MR) is 77.3 cm³/mol. The minimum atomic E-state index is -1.000. The number of carboxylic acids is 1. The Morgan fingerprint density at radius 3 is 2.43 bits per heavy atom. The van der Waals surface area contributed by atoms with E-state index >= 15 is 0 Å². The average molecular weight is 288 g/mol. The van der Waals surface area contributed by atoms with E-state index in [1.54, 1.807) is 25.4 Å². The van der Waals surface area contributed by atoms with Gasteiger partial charge in [-0.05, 0) is 37.3 Å². The number of carbonyl (C=O) groups excluding carboxylic acids is 1. The number of aryl methyl sites for hydroxylation is 1. The summed E-state index contributed by atoms with van der Waals surface area (Å²) in [6, 6.07) is 7.53. The minimum absolute atomic E-state index is 0.176. The summed E-state index contributed by atoms with van der Waals surface area (Å²) >= 11 is 0. The lowest BCUT2D eigenvalue weighted by atomic mass is 10.2. The normalized spacial score (nSPS) is 10.2. The Bertz CT molecular complexity index is 646. The molecule has 0 fully saturated rings. The monoisotopic (exact) mass is 288 g/mol. The molecule has 0 bridgehead atoms. The summed E-state index contributed by atoms with van der Waals surface area (Å²) in [6.07, 6.45) is 1.58. The van der Waals surface area contributed by atoms with Crippen molar-refractivity contribution in [3.8, 4) is 0 Å². The van der Waals surface area contributed by atoms with Crippen molar-refractivity contribution in [2.45, 2.75) is 13.5 Å². The van der Waals surface area contributed by atoms with Crippen molar-refractivity contribution < 1.29 is 19.1 Å². The van der Waals surface area contributed by atoms with E-state index < -0.39 is 5.97 Å². The highest BCUT2D eigenvalue weighted by molar-refractivity contribution is 5.91. The molecule has 0 atom stereocenters. The van der Waals surface area contributed by atoms with E-state index in [1.165, 1.54) is 17.0 Å². The quantitative estimate of drug-likeness (QED) is 0.906. The fourth-order valence-corrected chi connectivity index (χ4v) is 1.82. The van der Waals surface area contributed by atoms with Gasteiger partial charge in [0.1, 0.15) is 5.76 Å². The summed E-state index contributed by atoms with van der Waals surface area (Å²) in [4.78, 5) is 24.3. The maximum Gasteiger partial charge on any atom is 0.335 e. The van der Waals surface area contributed by atoms with Gasteiger partial charge < -0.3 is 19.7 Å². The smallest absolute Gasteiger partial charge is 0.335 e. The molecule has 2 aromatic rings. The molecule has 2 N–H and O–H groups in total. The second kappa shape index (κ2) is 6.13. The Morgan fingerprint density at radius 2 is 1.90 bits per heavy atom. The van der Waals surface area contributed by atoms with E-state index in [-0.39, 0.29) is 11.6 Å². The lowest BCUT2D eigenvalue weighted by Gasteiger charge is -2.17. The molecular formula is C15H16N2O4. The third-order valence-corrected chi connectivity index (χ3v) is 3.10. The molecule has 6 nitrogen and oxygen atoms in total. The molecule has 0 saturated carbocycles. The molecule has 0 aliphatic heterocycles. The Labute approximate surface area is 122 Å². The number of benzene rings is 1. The number of urea groups is 1. The molecule has 6 heteroatoms. The van der Waals surface area contributed by atoms with Crippen LogP contribution in [0.5, 0.6) is 0 Å². The van der Waals surface area contributed by atoms with Crippen LogP contribution in [0.25, 0.3) is 0 Å². The fraction of sp³-hybridized carbons (Fsp3) is 0.200. The van der Waals surface area contributed by atoms with Crippen LogP contribution >= 0.6 is 0 Å². The lowest BCUT2D eigenvalue weighted by Crippen LogP contribution is -2.30. The summed E-state index contributed by atoms with van der Waals surface area (Å²) in [5.74, 6) is -0.221. The van der Waals surface area contributed by atoms with E-state index in [4.69, 9.17) is 9.52 Å². The average Bonchev–Trinajstić information content (AvgIpc) is 2.84. The third-order valence-electron chi connectivity index (χ3n) is 3.10. The van der Waals surface area contributed by atoms with Crippen molar-refractivity contribution >= 4 is 17.7 Å². The summed E-state index contributed by atoms with van der Waals surface area (Å²) in [7, 11) is 1.67. The largest absolute Gasteiger partial charge is 0.478 e. The summed E-state index contributed by atoms with van der Waals surface area (Å²) < 4.78 is 5.19. The zero-order valence-electron chi connectivity index (χ0n) is 11.8. The number of anilines is 1. The number of rotatable bonds is 4. The molecule has 1 aromatic carbocycles. The van der Waals surface area contributed by atoms with Crippen LogP contribution < -0.4 is 5.32 Å².